The van der Waals surface area contributed by atoms with Crippen LogP contribution in [-0.4, -0.2) is 0 Å². The Kier molecular flexibility index (Phi) is 4.02. The lowest BCUT2D eigenvalue weighted by atomic mass is 10.4. The van der Waals surface area contributed by atoms with E-state index in [-0.39, 0.29) is 0 Å². The smallest absolute Gasteiger partial charge is 0.0147 e. The highest BCUT2D eigenvalue weighted by molar-refractivity contribution is 6.30. The van der Waals surface area contributed by atoms with Crippen molar-refractivity contribution in [2.75, 3.05) is 0 Å². The SMILES string of the molecule is C=C(Cl)C/C=C(/C)Cl. The summed E-state index contributed by atoms with van der Waals surface area (Å²) in [4.78, 5) is 0. The topological polar surface area (TPSA) is 0 Å². The van der Waals surface area contributed by atoms with Crippen LogP contribution in [-0.2, 0) is 0 Å². The molecule has 0 aliphatic rings. The summed E-state index contributed by atoms with van der Waals surface area (Å²) < 4.78 is 0. The van der Waals surface area contributed by atoms with Crippen LogP contribution in [0.1, 0.15) is 13.3 Å². The molecule has 8 heavy (non-hydrogen) atoms. The van der Waals surface area contributed by atoms with Gasteiger partial charge in [-0.15, -0.1) is 0 Å². The van der Waals surface area contributed by atoms with Crippen LogP contribution in [0.15, 0.2) is 22.7 Å². The Bertz CT molecular complexity index is 110. The molecular weight excluding hydrogens is 143 g/mol. The van der Waals surface area contributed by atoms with Crippen molar-refractivity contribution in [3.8, 4) is 0 Å². The molecule has 0 spiro atoms. The second-order valence-electron chi connectivity index (χ2n) is 1.51. The molecule has 0 unspecified atom stereocenters. The number of hydrogen-bond acceptors (Lipinski definition) is 0. The van der Waals surface area contributed by atoms with Crippen molar-refractivity contribution in [1.82, 2.24) is 0 Å². The fourth-order valence-electron chi connectivity index (χ4n) is 0.251. The molecule has 0 aliphatic heterocycles. The van der Waals surface area contributed by atoms with Gasteiger partial charge in [-0.25, -0.2) is 0 Å². The molecule has 0 radical (unpaired) electrons. The van der Waals surface area contributed by atoms with Crippen molar-refractivity contribution in [2.24, 2.45) is 0 Å². The molecule has 0 heterocycles. The van der Waals surface area contributed by atoms with E-state index in [9.17, 15) is 0 Å². The van der Waals surface area contributed by atoms with Gasteiger partial charge in [-0.3, -0.25) is 0 Å². The molecule has 0 saturated carbocycles. The second kappa shape index (κ2) is 3.99. The molecule has 0 aromatic carbocycles. The molecule has 0 saturated heterocycles. The highest BCUT2D eigenvalue weighted by Crippen LogP contribution is 2.08. The molecule has 0 nitrogen and oxygen atoms in total. The molecule has 46 valence electrons. The zero-order chi connectivity index (χ0) is 6.57. The summed E-state index contributed by atoms with van der Waals surface area (Å²) in [6.07, 6.45) is 2.48. The average Bonchev–Trinajstić information content (AvgIpc) is 1.61. The lowest BCUT2D eigenvalue weighted by Crippen LogP contribution is -1.64. The van der Waals surface area contributed by atoms with Crippen LogP contribution in [0.4, 0.5) is 0 Å². The van der Waals surface area contributed by atoms with Crippen molar-refractivity contribution in [2.45, 2.75) is 13.3 Å². The molecular formula is C6H8Cl2. The maximum atomic E-state index is 5.48. The van der Waals surface area contributed by atoms with E-state index in [1.165, 1.54) is 0 Å². The highest BCUT2D eigenvalue weighted by atomic mass is 35.5. The lowest BCUT2D eigenvalue weighted by Gasteiger charge is -1.86. The van der Waals surface area contributed by atoms with Gasteiger partial charge in [-0.1, -0.05) is 35.9 Å². The first-order valence-electron chi connectivity index (χ1n) is 2.28. The van der Waals surface area contributed by atoms with Gasteiger partial charge < -0.3 is 0 Å². The maximum absolute atomic E-state index is 5.48. The van der Waals surface area contributed by atoms with Crippen molar-refractivity contribution in [1.29, 1.82) is 0 Å². The fraction of sp³-hybridized carbons (Fsp3) is 0.333. The Morgan fingerprint density at radius 1 is 1.62 bits per heavy atom. The van der Waals surface area contributed by atoms with Crippen LogP contribution >= 0.6 is 23.2 Å². The molecule has 0 aromatic heterocycles. The van der Waals surface area contributed by atoms with E-state index in [0.717, 1.165) is 5.03 Å². The largest absolute Gasteiger partial charge is 0.0898 e. The predicted octanol–water partition coefficient (Wildman–Crippen LogP) is 3.27. The third-order valence-corrected chi connectivity index (χ3v) is 0.913. The zero-order valence-electron chi connectivity index (χ0n) is 4.75. The van der Waals surface area contributed by atoms with E-state index < -0.39 is 0 Å². The van der Waals surface area contributed by atoms with Crippen molar-refractivity contribution in [3.63, 3.8) is 0 Å². The van der Waals surface area contributed by atoms with Crippen molar-refractivity contribution < 1.29 is 0 Å². The Hall–Kier alpha value is 0.0600. The van der Waals surface area contributed by atoms with Gasteiger partial charge in [0.25, 0.3) is 0 Å². The lowest BCUT2D eigenvalue weighted by molar-refractivity contribution is 1.34. The molecule has 2 heteroatoms. The van der Waals surface area contributed by atoms with E-state index in [1.807, 2.05) is 6.08 Å². The summed E-state index contributed by atoms with van der Waals surface area (Å²) in [6.45, 7) is 5.30. The molecule has 0 bridgehead atoms. The molecule has 0 atom stereocenters. The van der Waals surface area contributed by atoms with Gasteiger partial charge in [0.1, 0.15) is 0 Å². The summed E-state index contributed by atoms with van der Waals surface area (Å²) in [7, 11) is 0. The van der Waals surface area contributed by atoms with Gasteiger partial charge in [0.05, 0.1) is 0 Å². The van der Waals surface area contributed by atoms with Crippen LogP contribution in [0.3, 0.4) is 0 Å². The van der Waals surface area contributed by atoms with Gasteiger partial charge >= 0.3 is 0 Å². The van der Waals surface area contributed by atoms with E-state index in [4.69, 9.17) is 23.2 Å². The third-order valence-electron chi connectivity index (χ3n) is 0.605. The predicted molar refractivity (Wildman–Crippen MR) is 39.2 cm³/mol. The van der Waals surface area contributed by atoms with E-state index in [1.54, 1.807) is 6.92 Å². The highest BCUT2D eigenvalue weighted by Gasteiger charge is 1.82. The van der Waals surface area contributed by atoms with Crippen LogP contribution in [0, 0.1) is 0 Å². The molecule has 0 aromatic rings. The Balaban J connectivity index is 3.45. The standard InChI is InChI=1S/C6H8Cl2/c1-5(7)3-4-6(2)8/h4H,1,3H2,2H3/b6-4-. The summed E-state index contributed by atoms with van der Waals surface area (Å²) in [5.41, 5.74) is 0. The number of hydrogen-bond donors (Lipinski definition) is 0. The summed E-state index contributed by atoms with van der Waals surface area (Å²) in [6, 6.07) is 0. The van der Waals surface area contributed by atoms with Crippen LogP contribution in [0.2, 0.25) is 0 Å². The average molecular weight is 151 g/mol. The third kappa shape index (κ3) is 6.06. The monoisotopic (exact) mass is 150 g/mol. The first kappa shape index (κ1) is 8.06. The Morgan fingerprint density at radius 2 is 2.12 bits per heavy atom. The minimum absolute atomic E-state index is 0.616. The number of halogens is 2. The second-order valence-corrected chi connectivity index (χ2v) is 2.64. The summed E-state index contributed by atoms with van der Waals surface area (Å²) in [5, 5.41) is 1.37. The Morgan fingerprint density at radius 3 is 2.25 bits per heavy atom. The molecule has 0 amide bonds. The first-order valence-corrected chi connectivity index (χ1v) is 3.04. The Labute approximate surface area is 59.8 Å². The van der Waals surface area contributed by atoms with Crippen LogP contribution in [0.25, 0.3) is 0 Å². The summed E-state index contributed by atoms with van der Waals surface area (Å²) >= 11 is 10.9. The van der Waals surface area contributed by atoms with E-state index >= 15 is 0 Å². The maximum Gasteiger partial charge on any atom is 0.0147 e. The number of rotatable bonds is 2. The van der Waals surface area contributed by atoms with E-state index in [0.29, 0.717) is 11.5 Å². The van der Waals surface area contributed by atoms with Gasteiger partial charge in [-0.05, 0) is 6.92 Å². The molecule has 0 rings (SSSR count). The van der Waals surface area contributed by atoms with Gasteiger partial charge in [0.15, 0.2) is 0 Å². The van der Waals surface area contributed by atoms with Gasteiger partial charge in [0.2, 0.25) is 0 Å². The van der Waals surface area contributed by atoms with Crippen molar-refractivity contribution >= 4 is 23.2 Å². The molecule has 0 N–H and O–H groups in total. The molecule has 0 aliphatic carbocycles. The molecule has 0 fully saturated rings. The number of allylic oxidation sites excluding steroid dienone is 3. The summed E-state index contributed by atoms with van der Waals surface area (Å²) in [5.74, 6) is 0. The van der Waals surface area contributed by atoms with Crippen LogP contribution < -0.4 is 0 Å². The minimum Gasteiger partial charge on any atom is -0.0898 e. The van der Waals surface area contributed by atoms with Gasteiger partial charge in [0, 0.05) is 16.5 Å². The quantitative estimate of drug-likeness (QED) is 0.568. The van der Waals surface area contributed by atoms with Crippen LogP contribution in [0.5, 0.6) is 0 Å². The zero-order valence-corrected chi connectivity index (χ0v) is 6.26. The van der Waals surface area contributed by atoms with Crippen molar-refractivity contribution in [3.05, 3.63) is 22.7 Å². The normalized spacial score (nSPS) is 11.6. The van der Waals surface area contributed by atoms with E-state index in [2.05, 4.69) is 6.58 Å². The van der Waals surface area contributed by atoms with Gasteiger partial charge in [-0.2, -0.15) is 0 Å². The minimum atomic E-state index is 0.616. The first-order chi connectivity index (χ1) is 3.63. The fourth-order valence-corrected chi connectivity index (χ4v) is 0.406.